The highest BCUT2D eigenvalue weighted by Crippen LogP contribution is 2.28. The average Bonchev–Trinajstić information content (AvgIpc) is 2.48. The van der Waals surface area contributed by atoms with Crippen LogP contribution in [0.1, 0.15) is 37.4 Å². The number of aromatic nitrogens is 3. The van der Waals surface area contributed by atoms with Crippen molar-refractivity contribution in [3.63, 3.8) is 0 Å². The molecule has 1 fully saturated rings. The summed E-state index contributed by atoms with van der Waals surface area (Å²) < 4.78 is 0. The molecule has 6 heteroatoms. The van der Waals surface area contributed by atoms with E-state index in [-0.39, 0.29) is 17.6 Å². The fourth-order valence-corrected chi connectivity index (χ4v) is 2.53. The zero-order chi connectivity index (χ0) is 14.7. The number of rotatable bonds is 3. The van der Waals surface area contributed by atoms with Gasteiger partial charge in [-0.2, -0.15) is 15.0 Å². The molecule has 1 unspecified atom stereocenters. The van der Waals surface area contributed by atoms with E-state index in [9.17, 15) is 4.79 Å². The molecule has 2 aromatic rings. The fraction of sp³-hybridized carbons (Fsp3) is 0.333. The van der Waals surface area contributed by atoms with Crippen molar-refractivity contribution in [2.24, 2.45) is 0 Å². The minimum Gasteiger partial charge on any atom is -0.368 e. The highest BCUT2D eigenvalue weighted by atomic mass is 16.1. The first-order valence-electron chi connectivity index (χ1n) is 7.08. The van der Waals surface area contributed by atoms with Crippen molar-refractivity contribution in [3.8, 4) is 0 Å². The standard InChI is InChI=1S/C15H17N5O/c16-14-18-13(11-8-4-5-9-12(11)21)19-15(20-14)17-10-6-2-1-3-7-10/h1-3,6-7,11H,4-5,8-9H2,(H3,16,17,18,19,20). The molecule has 0 bridgehead atoms. The maximum Gasteiger partial charge on any atom is 0.232 e. The van der Waals surface area contributed by atoms with Gasteiger partial charge in [0.15, 0.2) is 0 Å². The van der Waals surface area contributed by atoms with Crippen molar-refractivity contribution in [2.45, 2.75) is 31.6 Å². The minimum atomic E-state index is -0.250. The van der Waals surface area contributed by atoms with Crippen LogP contribution in [0.3, 0.4) is 0 Å². The number of hydrogen-bond donors (Lipinski definition) is 2. The smallest absolute Gasteiger partial charge is 0.232 e. The number of nitrogens with two attached hydrogens (primary N) is 1. The number of anilines is 3. The molecule has 1 aliphatic rings. The van der Waals surface area contributed by atoms with Crippen LogP contribution in [0.4, 0.5) is 17.6 Å². The van der Waals surface area contributed by atoms with Crippen LogP contribution >= 0.6 is 0 Å². The lowest BCUT2D eigenvalue weighted by atomic mass is 9.87. The Hall–Kier alpha value is -2.50. The van der Waals surface area contributed by atoms with E-state index in [0.29, 0.717) is 18.2 Å². The Morgan fingerprint density at radius 2 is 1.90 bits per heavy atom. The summed E-state index contributed by atoms with van der Waals surface area (Å²) >= 11 is 0. The number of Topliss-reactive ketones (excluding diaryl/α,β-unsaturated/α-hetero) is 1. The first-order valence-corrected chi connectivity index (χ1v) is 7.08. The number of nitrogen functional groups attached to an aromatic ring is 1. The normalized spacial score (nSPS) is 18.5. The highest BCUT2D eigenvalue weighted by molar-refractivity contribution is 5.85. The first-order chi connectivity index (χ1) is 10.2. The Balaban J connectivity index is 1.87. The van der Waals surface area contributed by atoms with Gasteiger partial charge in [-0.15, -0.1) is 0 Å². The third kappa shape index (κ3) is 3.16. The zero-order valence-corrected chi connectivity index (χ0v) is 11.6. The molecule has 3 rings (SSSR count). The van der Waals surface area contributed by atoms with Crippen LogP contribution in [-0.4, -0.2) is 20.7 Å². The van der Waals surface area contributed by atoms with Crippen LogP contribution in [0.2, 0.25) is 0 Å². The van der Waals surface area contributed by atoms with Gasteiger partial charge in [0.05, 0.1) is 5.92 Å². The molecule has 1 aliphatic carbocycles. The molecule has 0 spiro atoms. The molecule has 0 amide bonds. The molecule has 108 valence electrons. The van der Waals surface area contributed by atoms with Gasteiger partial charge in [-0.05, 0) is 25.0 Å². The SMILES string of the molecule is Nc1nc(Nc2ccccc2)nc(C2CCCCC2=O)n1. The molecule has 0 radical (unpaired) electrons. The van der Waals surface area contributed by atoms with Crippen LogP contribution in [0.15, 0.2) is 30.3 Å². The summed E-state index contributed by atoms with van der Waals surface area (Å²) in [4.78, 5) is 24.6. The van der Waals surface area contributed by atoms with Gasteiger partial charge in [0, 0.05) is 12.1 Å². The molecule has 1 saturated carbocycles. The first kappa shape index (κ1) is 13.5. The molecule has 1 atom stereocenters. The van der Waals surface area contributed by atoms with Crippen molar-refractivity contribution in [1.29, 1.82) is 0 Å². The van der Waals surface area contributed by atoms with E-state index in [4.69, 9.17) is 5.73 Å². The third-order valence-electron chi connectivity index (χ3n) is 3.57. The quantitative estimate of drug-likeness (QED) is 0.898. The van der Waals surface area contributed by atoms with Crippen molar-refractivity contribution < 1.29 is 4.79 Å². The summed E-state index contributed by atoms with van der Waals surface area (Å²) in [5.41, 5.74) is 6.62. The zero-order valence-electron chi connectivity index (χ0n) is 11.6. The van der Waals surface area contributed by atoms with Gasteiger partial charge >= 0.3 is 0 Å². The highest BCUT2D eigenvalue weighted by Gasteiger charge is 2.27. The Kier molecular flexibility index (Phi) is 3.77. The topological polar surface area (TPSA) is 93.8 Å². The van der Waals surface area contributed by atoms with Crippen LogP contribution in [0.5, 0.6) is 0 Å². The molecule has 0 aliphatic heterocycles. The van der Waals surface area contributed by atoms with Crippen molar-refractivity contribution >= 4 is 23.4 Å². The minimum absolute atomic E-state index is 0.136. The van der Waals surface area contributed by atoms with Gasteiger partial charge in [0.25, 0.3) is 0 Å². The van der Waals surface area contributed by atoms with E-state index in [1.807, 2.05) is 30.3 Å². The van der Waals surface area contributed by atoms with E-state index in [0.717, 1.165) is 24.9 Å². The summed E-state index contributed by atoms with van der Waals surface area (Å²) in [7, 11) is 0. The van der Waals surface area contributed by atoms with Crippen molar-refractivity contribution in [3.05, 3.63) is 36.2 Å². The number of hydrogen-bond acceptors (Lipinski definition) is 6. The van der Waals surface area contributed by atoms with Crippen LogP contribution in [-0.2, 0) is 4.79 Å². The Labute approximate surface area is 122 Å². The molecule has 6 nitrogen and oxygen atoms in total. The van der Waals surface area contributed by atoms with E-state index in [2.05, 4.69) is 20.3 Å². The monoisotopic (exact) mass is 283 g/mol. The van der Waals surface area contributed by atoms with E-state index < -0.39 is 0 Å². The summed E-state index contributed by atoms with van der Waals surface area (Å²) in [6.07, 6.45) is 3.35. The Morgan fingerprint density at radius 1 is 1.10 bits per heavy atom. The summed E-state index contributed by atoms with van der Waals surface area (Å²) in [5.74, 6) is 0.933. The maximum absolute atomic E-state index is 12.0. The number of nitrogens with zero attached hydrogens (tertiary/aromatic N) is 3. The van der Waals surface area contributed by atoms with Gasteiger partial charge in [-0.25, -0.2) is 0 Å². The second-order valence-electron chi connectivity index (χ2n) is 5.13. The van der Waals surface area contributed by atoms with Crippen LogP contribution < -0.4 is 11.1 Å². The van der Waals surface area contributed by atoms with Crippen LogP contribution in [0, 0.1) is 0 Å². The van der Waals surface area contributed by atoms with Crippen molar-refractivity contribution in [2.75, 3.05) is 11.1 Å². The number of carbonyl (C=O) groups is 1. The predicted octanol–water partition coefficient (Wildman–Crippen LogP) is 2.42. The van der Waals surface area contributed by atoms with Crippen LogP contribution in [0.25, 0.3) is 0 Å². The molecule has 0 saturated heterocycles. The fourth-order valence-electron chi connectivity index (χ4n) is 2.53. The summed E-state index contributed by atoms with van der Waals surface area (Å²) in [6.45, 7) is 0. The van der Waals surface area contributed by atoms with Gasteiger partial charge in [-0.3, -0.25) is 4.79 Å². The number of ketones is 1. The molecular weight excluding hydrogens is 266 g/mol. The van der Waals surface area contributed by atoms with Gasteiger partial charge in [0.1, 0.15) is 11.6 Å². The second kappa shape index (κ2) is 5.87. The number of para-hydroxylation sites is 1. The molecule has 1 heterocycles. The molecule has 1 aromatic carbocycles. The van der Waals surface area contributed by atoms with Crippen molar-refractivity contribution in [1.82, 2.24) is 15.0 Å². The summed E-state index contributed by atoms with van der Waals surface area (Å²) in [6, 6.07) is 9.58. The largest absolute Gasteiger partial charge is 0.368 e. The Bertz CT molecular complexity index is 644. The van der Waals surface area contributed by atoms with E-state index >= 15 is 0 Å². The van der Waals surface area contributed by atoms with E-state index in [1.165, 1.54) is 0 Å². The number of carbonyl (C=O) groups excluding carboxylic acids is 1. The third-order valence-corrected chi connectivity index (χ3v) is 3.57. The molecule has 3 N–H and O–H groups in total. The lowest BCUT2D eigenvalue weighted by Gasteiger charge is -2.19. The summed E-state index contributed by atoms with van der Waals surface area (Å²) in [5, 5.41) is 3.09. The molecular formula is C15H17N5O. The Morgan fingerprint density at radius 3 is 2.67 bits per heavy atom. The lowest BCUT2D eigenvalue weighted by Crippen LogP contribution is -2.21. The molecule has 21 heavy (non-hydrogen) atoms. The lowest BCUT2D eigenvalue weighted by molar-refractivity contribution is -0.122. The van der Waals surface area contributed by atoms with Gasteiger partial charge in [-0.1, -0.05) is 24.6 Å². The van der Waals surface area contributed by atoms with Gasteiger partial charge < -0.3 is 11.1 Å². The van der Waals surface area contributed by atoms with Gasteiger partial charge in [0.2, 0.25) is 11.9 Å². The predicted molar refractivity (Wildman–Crippen MR) is 80.2 cm³/mol. The number of nitrogens with one attached hydrogen (secondary N) is 1. The van der Waals surface area contributed by atoms with E-state index in [1.54, 1.807) is 0 Å². The maximum atomic E-state index is 12.0. The average molecular weight is 283 g/mol. The number of benzene rings is 1. The molecule has 1 aromatic heterocycles. The second-order valence-corrected chi connectivity index (χ2v) is 5.13.